The molecule has 0 spiro atoms. The highest BCUT2D eigenvalue weighted by Crippen LogP contribution is 2.20. The number of nitrogens with one attached hydrogen (secondary N) is 2. The lowest BCUT2D eigenvalue weighted by atomic mass is 9.98. The van der Waals surface area contributed by atoms with Gasteiger partial charge in [-0.05, 0) is 26.3 Å². The molecule has 1 amide bonds. The van der Waals surface area contributed by atoms with E-state index in [0.29, 0.717) is 19.2 Å². The molecule has 1 fully saturated rings. The van der Waals surface area contributed by atoms with Gasteiger partial charge in [0, 0.05) is 13.2 Å². The molecule has 4 heteroatoms. The van der Waals surface area contributed by atoms with Crippen LogP contribution in [0.3, 0.4) is 0 Å². The minimum atomic E-state index is 0.0557. The molecular weight excluding hydrogens is 204 g/mol. The van der Waals surface area contributed by atoms with Crippen LogP contribution in [-0.2, 0) is 9.53 Å². The standard InChI is InChI=1S/C12H24N2O2/c1-13-10-12(15)14-8-5-9-16-11-6-3-2-4-7-11/h11,13H,2-10H2,1H3,(H,14,15). The van der Waals surface area contributed by atoms with E-state index in [2.05, 4.69) is 10.6 Å². The van der Waals surface area contributed by atoms with E-state index >= 15 is 0 Å². The topological polar surface area (TPSA) is 50.4 Å². The number of rotatable bonds is 7. The Kier molecular flexibility index (Phi) is 7.17. The van der Waals surface area contributed by atoms with Crippen LogP contribution in [0.5, 0.6) is 0 Å². The average Bonchev–Trinajstić information content (AvgIpc) is 2.30. The predicted octanol–water partition coefficient (Wildman–Crippen LogP) is 1.06. The maximum Gasteiger partial charge on any atom is 0.233 e. The van der Waals surface area contributed by atoms with E-state index < -0.39 is 0 Å². The maximum absolute atomic E-state index is 11.1. The SMILES string of the molecule is CNCC(=O)NCCCOC1CCCCC1. The molecule has 0 aromatic rings. The summed E-state index contributed by atoms with van der Waals surface area (Å²) in [5.41, 5.74) is 0. The first-order valence-electron chi connectivity index (χ1n) is 6.36. The fourth-order valence-corrected chi connectivity index (χ4v) is 2.00. The van der Waals surface area contributed by atoms with E-state index in [4.69, 9.17) is 4.74 Å². The van der Waals surface area contributed by atoms with Crippen LogP contribution in [0.1, 0.15) is 38.5 Å². The molecule has 2 N–H and O–H groups in total. The molecule has 0 unspecified atom stereocenters. The van der Waals surface area contributed by atoms with Gasteiger partial charge in [-0.1, -0.05) is 19.3 Å². The molecule has 0 saturated heterocycles. The average molecular weight is 228 g/mol. The van der Waals surface area contributed by atoms with Gasteiger partial charge in [0.2, 0.25) is 5.91 Å². The fraction of sp³-hybridized carbons (Fsp3) is 0.917. The van der Waals surface area contributed by atoms with E-state index in [1.54, 1.807) is 7.05 Å². The summed E-state index contributed by atoms with van der Waals surface area (Å²) >= 11 is 0. The molecular formula is C12H24N2O2. The van der Waals surface area contributed by atoms with Crippen LogP contribution in [0, 0.1) is 0 Å². The zero-order valence-electron chi connectivity index (χ0n) is 10.3. The zero-order chi connectivity index (χ0) is 11.6. The van der Waals surface area contributed by atoms with E-state index in [-0.39, 0.29) is 5.91 Å². The third kappa shape index (κ3) is 6.08. The highest BCUT2D eigenvalue weighted by Gasteiger charge is 2.12. The van der Waals surface area contributed by atoms with Gasteiger partial charge in [-0.25, -0.2) is 0 Å². The van der Waals surface area contributed by atoms with Gasteiger partial charge < -0.3 is 15.4 Å². The molecule has 1 aliphatic carbocycles. The van der Waals surface area contributed by atoms with Crippen molar-refractivity contribution in [1.29, 1.82) is 0 Å². The van der Waals surface area contributed by atoms with Gasteiger partial charge in [-0.3, -0.25) is 4.79 Å². The summed E-state index contributed by atoms with van der Waals surface area (Å²) < 4.78 is 5.76. The molecule has 0 radical (unpaired) electrons. The third-order valence-electron chi connectivity index (χ3n) is 2.89. The van der Waals surface area contributed by atoms with Gasteiger partial charge in [0.1, 0.15) is 0 Å². The lowest BCUT2D eigenvalue weighted by Crippen LogP contribution is -2.33. The summed E-state index contributed by atoms with van der Waals surface area (Å²) in [6, 6.07) is 0. The molecule has 1 aliphatic rings. The number of likely N-dealkylation sites (N-methyl/N-ethyl adjacent to an activating group) is 1. The van der Waals surface area contributed by atoms with Gasteiger partial charge in [0.25, 0.3) is 0 Å². The molecule has 0 aliphatic heterocycles. The summed E-state index contributed by atoms with van der Waals surface area (Å²) in [6.45, 7) is 1.88. The van der Waals surface area contributed by atoms with Crippen molar-refractivity contribution in [3.8, 4) is 0 Å². The van der Waals surface area contributed by atoms with Gasteiger partial charge >= 0.3 is 0 Å². The van der Waals surface area contributed by atoms with E-state index in [1.165, 1.54) is 32.1 Å². The molecule has 0 bridgehead atoms. The molecule has 0 atom stereocenters. The summed E-state index contributed by atoms with van der Waals surface area (Å²) in [7, 11) is 1.77. The van der Waals surface area contributed by atoms with Crippen LogP contribution in [0.15, 0.2) is 0 Å². The molecule has 1 saturated carbocycles. The fourth-order valence-electron chi connectivity index (χ4n) is 2.00. The first-order chi connectivity index (χ1) is 7.83. The largest absolute Gasteiger partial charge is 0.378 e. The van der Waals surface area contributed by atoms with Crippen LogP contribution < -0.4 is 10.6 Å². The Morgan fingerprint density at radius 2 is 2.06 bits per heavy atom. The second-order valence-corrected chi connectivity index (χ2v) is 4.36. The van der Waals surface area contributed by atoms with Crippen molar-refractivity contribution in [1.82, 2.24) is 10.6 Å². The Morgan fingerprint density at radius 1 is 1.31 bits per heavy atom. The monoisotopic (exact) mass is 228 g/mol. The van der Waals surface area contributed by atoms with E-state index in [9.17, 15) is 4.79 Å². The quantitative estimate of drug-likeness (QED) is 0.641. The van der Waals surface area contributed by atoms with Crippen molar-refractivity contribution in [2.45, 2.75) is 44.6 Å². The number of hydrogen-bond donors (Lipinski definition) is 2. The van der Waals surface area contributed by atoms with Crippen molar-refractivity contribution in [2.24, 2.45) is 0 Å². The minimum Gasteiger partial charge on any atom is -0.378 e. The number of hydrogen-bond acceptors (Lipinski definition) is 3. The first kappa shape index (κ1) is 13.5. The lowest BCUT2D eigenvalue weighted by molar-refractivity contribution is -0.120. The van der Waals surface area contributed by atoms with Crippen LogP contribution >= 0.6 is 0 Å². The van der Waals surface area contributed by atoms with Gasteiger partial charge in [-0.15, -0.1) is 0 Å². The summed E-state index contributed by atoms with van der Waals surface area (Å²) in [5, 5.41) is 5.66. The van der Waals surface area contributed by atoms with Gasteiger partial charge in [0.05, 0.1) is 12.6 Å². The first-order valence-corrected chi connectivity index (χ1v) is 6.36. The normalized spacial score (nSPS) is 17.3. The Labute approximate surface area is 98.1 Å². The Balaban J connectivity index is 1.89. The lowest BCUT2D eigenvalue weighted by Gasteiger charge is -2.21. The molecule has 0 aromatic heterocycles. The number of carbonyl (C=O) groups excluding carboxylic acids is 1. The smallest absolute Gasteiger partial charge is 0.233 e. The molecule has 4 nitrogen and oxygen atoms in total. The second-order valence-electron chi connectivity index (χ2n) is 4.36. The van der Waals surface area contributed by atoms with E-state index in [1.807, 2.05) is 0 Å². The van der Waals surface area contributed by atoms with Crippen molar-refractivity contribution < 1.29 is 9.53 Å². The molecule has 1 rings (SSSR count). The number of amides is 1. The molecule has 0 heterocycles. The summed E-state index contributed by atoms with van der Waals surface area (Å²) in [5.74, 6) is 0.0557. The van der Waals surface area contributed by atoms with Crippen molar-refractivity contribution >= 4 is 5.91 Å². The summed E-state index contributed by atoms with van der Waals surface area (Å²) in [6.07, 6.45) is 7.79. The second kappa shape index (κ2) is 8.53. The minimum absolute atomic E-state index is 0.0557. The van der Waals surface area contributed by atoms with Crippen LogP contribution in [-0.4, -0.2) is 38.8 Å². The zero-order valence-corrected chi connectivity index (χ0v) is 10.3. The molecule has 94 valence electrons. The van der Waals surface area contributed by atoms with Crippen molar-refractivity contribution in [2.75, 3.05) is 26.7 Å². The van der Waals surface area contributed by atoms with Crippen molar-refractivity contribution in [3.63, 3.8) is 0 Å². The maximum atomic E-state index is 11.1. The highest BCUT2D eigenvalue weighted by atomic mass is 16.5. The van der Waals surface area contributed by atoms with E-state index in [0.717, 1.165) is 13.0 Å². The molecule has 16 heavy (non-hydrogen) atoms. The summed E-state index contributed by atoms with van der Waals surface area (Å²) in [4.78, 5) is 11.1. The Hall–Kier alpha value is -0.610. The Morgan fingerprint density at radius 3 is 2.75 bits per heavy atom. The van der Waals surface area contributed by atoms with Crippen LogP contribution in [0.2, 0.25) is 0 Å². The van der Waals surface area contributed by atoms with Crippen LogP contribution in [0.25, 0.3) is 0 Å². The molecule has 0 aromatic carbocycles. The van der Waals surface area contributed by atoms with Gasteiger partial charge in [0.15, 0.2) is 0 Å². The third-order valence-corrected chi connectivity index (χ3v) is 2.89. The number of carbonyl (C=O) groups is 1. The van der Waals surface area contributed by atoms with Crippen molar-refractivity contribution in [3.05, 3.63) is 0 Å². The Bertz CT molecular complexity index is 191. The van der Waals surface area contributed by atoms with Gasteiger partial charge in [-0.2, -0.15) is 0 Å². The number of ether oxygens (including phenoxy) is 1. The highest BCUT2D eigenvalue weighted by molar-refractivity contribution is 5.77. The predicted molar refractivity (Wildman–Crippen MR) is 64.4 cm³/mol. The van der Waals surface area contributed by atoms with Crippen LogP contribution in [0.4, 0.5) is 0 Å².